The van der Waals surface area contributed by atoms with E-state index in [0.29, 0.717) is 35.5 Å². The lowest BCUT2D eigenvalue weighted by Crippen LogP contribution is -2.18. The molecule has 0 saturated carbocycles. The van der Waals surface area contributed by atoms with Gasteiger partial charge in [0.1, 0.15) is 18.0 Å². The number of aromatic nitrogens is 2. The Morgan fingerprint density at radius 1 is 1.39 bits per heavy atom. The highest BCUT2D eigenvalue weighted by Crippen LogP contribution is 2.33. The first-order valence-electron chi connectivity index (χ1n) is 8.62. The van der Waals surface area contributed by atoms with Gasteiger partial charge < -0.3 is 31.7 Å². The van der Waals surface area contributed by atoms with Crippen LogP contribution in [0.4, 0.5) is 11.6 Å². The van der Waals surface area contributed by atoms with Crippen molar-refractivity contribution in [1.29, 1.82) is 0 Å². The quantitative estimate of drug-likeness (QED) is 0.467. The molecule has 2 atom stereocenters. The van der Waals surface area contributed by atoms with E-state index < -0.39 is 5.97 Å². The lowest BCUT2D eigenvalue weighted by Gasteiger charge is -2.17. The topological polar surface area (TPSA) is 174 Å². The second-order valence-corrected chi connectivity index (χ2v) is 6.33. The van der Waals surface area contributed by atoms with Crippen LogP contribution >= 0.6 is 0 Å². The highest BCUT2D eigenvalue weighted by molar-refractivity contribution is 6.07. The maximum Gasteiger partial charge on any atom is 0.300 e. The summed E-state index contributed by atoms with van der Waals surface area (Å²) in [7, 11) is 1.57. The normalized spacial score (nSPS) is 16.6. The lowest BCUT2D eigenvalue weighted by molar-refractivity contribution is -0.134. The van der Waals surface area contributed by atoms with Gasteiger partial charge in [0.25, 0.3) is 11.9 Å². The molecule has 0 fully saturated rings. The third kappa shape index (κ3) is 6.97. The van der Waals surface area contributed by atoms with Gasteiger partial charge >= 0.3 is 0 Å². The molecule has 28 heavy (non-hydrogen) atoms. The Kier molecular flexibility index (Phi) is 9.06. The van der Waals surface area contributed by atoms with Crippen LogP contribution < -0.4 is 16.8 Å². The van der Waals surface area contributed by atoms with Crippen molar-refractivity contribution in [1.82, 2.24) is 9.97 Å². The number of anilines is 2. The number of carbonyl (C=O) groups excluding carboxylic acids is 1. The van der Waals surface area contributed by atoms with Gasteiger partial charge in [-0.05, 0) is 18.8 Å². The molecule has 0 aliphatic carbocycles. The molecule has 1 aliphatic heterocycles. The number of rotatable bonds is 6. The minimum Gasteiger partial charge on any atom is -0.481 e. The zero-order chi connectivity index (χ0) is 21.3. The molecule has 154 valence electrons. The number of fused-ring (bicyclic) bond motifs is 1. The summed E-state index contributed by atoms with van der Waals surface area (Å²) in [6, 6.07) is 0. The van der Waals surface area contributed by atoms with Crippen LogP contribution in [0, 0.1) is 5.92 Å². The Morgan fingerprint density at radius 3 is 2.61 bits per heavy atom. The molecule has 1 amide bonds. The highest BCUT2D eigenvalue weighted by Gasteiger charge is 2.22. The Morgan fingerprint density at radius 2 is 2.04 bits per heavy atom. The molecule has 0 radical (unpaired) electrons. The molecule has 0 aromatic carbocycles. The van der Waals surface area contributed by atoms with Crippen LogP contribution in [0.2, 0.25) is 0 Å². The number of ether oxygens (including phenoxy) is 1. The van der Waals surface area contributed by atoms with Gasteiger partial charge in [-0.2, -0.15) is 0 Å². The number of carboxylic acid groups (broad SMARTS) is 1. The number of amides is 1. The van der Waals surface area contributed by atoms with Crippen molar-refractivity contribution in [2.75, 3.05) is 24.8 Å². The summed E-state index contributed by atoms with van der Waals surface area (Å²) in [4.78, 5) is 28.9. The van der Waals surface area contributed by atoms with Gasteiger partial charge in [-0.15, -0.1) is 0 Å². The van der Waals surface area contributed by atoms with Gasteiger partial charge in [-0.25, -0.2) is 9.97 Å². The van der Waals surface area contributed by atoms with Crippen LogP contribution in [0.15, 0.2) is 24.2 Å². The van der Waals surface area contributed by atoms with E-state index in [0.717, 1.165) is 6.92 Å². The van der Waals surface area contributed by atoms with Crippen molar-refractivity contribution in [2.24, 2.45) is 11.7 Å². The zero-order valence-corrected chi connectivity index (χ0v) is 16.2. The fraction of sp³-hybridized carbons (Fsp3) is 0.444. The molecule has 1 aliphatic rings. The van der Waals surface area contributed by atoms with Crippen LogP contribution in [-0.4, -0.2) is 51.9 Å². The van der Waals surface area contributed by atoms with Gasteiger partial charge in [0.05, 0.1) is 18.3 Å². The molecule has 10 nitrogen and oxygen atoms in total. The number of nitrogens with two attached hydrogens (primary N) is 2. The molecule has 2 unspecified atom stereocenters. The summed E-state index contributed by atoms with van der Waals surface area (Å²) in [5.74, 6) is -0.359. The number of carbonyl (C=O) groups is 2. The number of hydrogen-bond donors (Lipinski definition) is 5. The largest absolute Gasteiger partial charge is 0.481 e. The average molecular weight is 393 g/mol. The van der Waals surface area contributed by atoms with Crippen LogP contribution in [-0.2, 0) is 14.3 Å². The molecule has 1 aromatic rings. The number of nitrogen functional groups attached to an aromatic ring is 1. The molecule has 10 heteroatoms. The van der Waals surface area contributed by atoms with Crippen LogP contribution in [0.3, 0.4) is 0 Å². The number of aliphatic hydroxyl groups is 1. The summed E-state index contributed by atoms with van der Waals surface area (Å²) in [5.41, 5.74) is 13.5. The summed E-state index contributed by atoms with van der Waals surface area (Å²) in [6.07, 6.45) is 5.68. The number of aliphatic carboxylic acids is 1. The van der Waals surface area contributed by atoms with E-state index in [2.05, 4.69) is 15.3 Å². The molecule has 7 N–H and O–H groups in total. The predicted octanol–water partition coefficient (Wildman–Crippen LogP) is 0.751. The predicted molar refractivity (Wildman–Crippen MR) is 105 cm³/mol. The number of nitrogens with zero attached hydrogens (tertiary/aromatic N) is 2. The van der Waals surface area contributed by atoms with E-state index in [1.165, 1.54) is 12.4 Å². The number of carboxylic acids is 1. The molecule has 2 rings (SSSR count). The molecular weight excluding hydrogens is 366 g/mol. The van der Waals surface area contributed by atoms with Crippen molar-refractivity contribution >= 4 is 29.1 Å². The number of nitrogens with one attached hydrogen (secondary N) is 1. The number of methoxy groups -OCH3 is 1. The zero-order valence-electron chi connectivity index (χ0n) is 16.2. The maximum absolute atomic E-state index is 11.8. The van der Waals surface area contributed by atoms with Gasteiger partial charge in [-0.1, -0.05) is 13.0 Å². The highest BCUT2D eigenvalue weighted by atomic mass is 16.5. The number of aliphatic hydroxyl groups excluding tert-OH is 1. The van der Waals surface area contributed by atoms with E-state index in [1.807, 2.05) is 13.0 Å². The number of allylic oxidation sites excluding steroid dienone is 2. The molecule has 0 spiro atoms. The van der Waals surface area contributed by atoms with Crippen LogP contribution in [0.5, 0.6) is 0 Å². The smallest absolute Gasteiger partial charge is 0.300 e. The molecule has 2 heterocycles. The van der Waals surface area contributed by atoms with Crippen molar-refractivity contribution < 1.29 is 24.5 Å². The first kappa shape index (κ1) is 23.1. The first-order chi connectivity index (χ1) is 13.2. The number of hydrogen-bond acceptors (Lipinski definition) is 8. The van der Waals surface area contributed by atoms with E-state index in [9.17, 15) is 9.90 Å². The third-order valence-corrected chi connectivity index (χ3v) is 3.91. The van der Waals surface area contributed by atoms with Crippen molar-refractivity contribution in [2.45, 2.75) is 32.8 Å². The van der Waals surface area contributed by atoms with Gasteiger partial charge in [0, 0.05) is 31.4 Å². The summed E-state index contributed by atoms with van der Waals surface area (Å²) in [6.45, 7) is 3.10. The van der Waals surface area contributed by atoms with E-state index in [1.54, 1.807) is 7.11 Å². The SMILES string of the molecule is CC(=O)O.COC(CO)CC(C)C/C=C1/C(N)=CC(=O)Nc2ncnc(N)c21. The van der Waals surface area contributed by atoms with E-state index in [4.69, 9.17) is 26.1 Å². The van der Waals surface area contributed by atoms with Crippen LogP contribution in [0.25, 0.3) is 5.57 Å². The molecule has 1 aromatic heterocycles. The Bertz CT molecular complexity index is 755. The van der Waals surface area contributed by atoms with E-state index >= 15 is 0 Å². The second-order valence-electron chi connectivity index (χ2n) is 6.33. The fourth-order valence-electron chi connectivity index (χ4n) is 2.60. The lowest BCUT2D eigenvalue weighted by atomic mass is 9.96. The maximum atomic E-state index is 11.8. The van der Waals surface area contributed by atoms with Gasteiger partial charge in [0.15, 0.2) is 0 Å². The minimum atomic E-state index is -0.833. The fourth-order valence-corrected chi connectivity index (χ4v) is 2.60. The van der Waals surface area contributed by atoms with Crippen molar-refractivity contribution in [3.63, 3.8) is 0 Å². The van der Waals surface area contributed by atoms with Gasteiger partial charge in [-0.3, -0.25) is 9.59 Å². The summed E-state index contributed by atoms with van der Waals surface area (Å²) >= 11 is 0. The Hall–Kier alpha value is -2.98. The molecule has 0 saturated heterocycles. The molecular formula is C18H27N5O5. The van der Waals surface area contributed by atoms with Crippen molar-refractivity contribution in [3.8, 4) is 0 Å². The Balaban J connectivity index is 0.000000892. The monoisotopic (exact) mass is 393 g/mol. The van der Waals surface area contributed by atoms with Crippen molar-refractivity contribution in [3.05, 3.63) is 29.7 Å². The van der Waals surface area contributed by atoms with Crippen LogP contribution in [0.1, 0.15) is 32.3 Å². The van der Waals surface area contributed by atoms with E-state index in [-0.39, 0.29) is 30.4 Å². The average Bonchev–Trinajstić information content (AvgIpc) is 2.73. The standard InChI is InChI=1S/C16H23N5O3.C2H4O2/c1-9(5-10(7-22)24-2)3-4-11-12(17)6-13(23)21-16-14(11)15(18)19-8-20-16;1-2(3)4/h4,6,8-10,22H,3,5,7,17H2,1-2H3,(H3,18,19,20,21,23);1H3,(H,3,4)/b11-4-;. The van der Waals surface area contributed by atoms with Gasteiger partial charge in [0.2, 0.25) is 0 Å². The molecule has 0 bridgehead atoms. The summed E-state index contributed by atoms with van der Waals surface area (Å²) in [5, 5.41) is 19.3. The first-order valence-corrected chi connectivity index (χ1v) is 8.62. The Labute approximate surface area is 163 Å². The minimum absolute atomic E-state index is 0.0263. The third-order valence-electron chi connectivity index (χ3n) is 3.91. The second kappa shape index (κ2) is 11.0. The summed E-state index contributed by atoms with van der Waals surface area (Å²) < 4.78 is 5.19.